The van der Waals surface area contributed by atoms with Gasteiger partial charge in [-0.25, -0.2) is 0 Å². The quantitative estimate of drug-likeness (QED) is 0.559. The van der Waals surface area contributed by atoms with Crippen LogP contribution in [0.2, 0.25) is 0 Å². The summed E-state index contributed by atoms with van der Waals surface area (Å²) in [6.07, 6.45) is 0.655. The third kappa shape index (κ3) is 9.37. The average molecular weight is 257 g/mol. The second kappa shape index (κ2) is 10.3. The van der Waals surface area contributed by atoms with Gasteiger partial charge < -0.3 is 15.2 Å². The molecule has 2 N–H and O–H groups in total. The molecule has 0 rings (SSSR count). The summed E-state index contributed by atoms with van der Waals surface area (Å²) in [7, 11) is 0. The Balaban J connectivity index is 3.99. The SMILES string of the molecule is CCOCCN(CCOCC)CCC(C)(N)C#N. The Morgan fingerprint density at radius 2 is 1.61 bits per heavy atom. The van der Waals surface area contributed by atoms with E-state index in [1.54, 1.807) is 6.92 Å². The predicted octanol–water partition coefficient (Wildman–Crippen LogP) is 0.992. The van der Waals surface area contributed by atoms with E-state index in [2.05, 4.69) is 11.0 Å². The number of ether oxygens (including phenoxy) is 2. The Labute approximate surface area is 111 Å². The van der Waals surface area contributed by atoms with Crippen molar-refractivity contribution in [1.82, 2.24) is 4.90 Å². The van der Waals surface area contributed by atoms with Gasteiger partial charge in [0.15, 0.2) is 0 Å². The fourth-order valence-corrected chi connectivity index (χ4v) is 1.46. The molecule has 5 heteroatoms. The lowest BCUT2D eigenvalue weighted by Gasteiger charge is -2.25. The van der Waals surface area contributed by atoms with Crippen molar-refractivity contribution in [2.45, 2.75) is 32.7 Å². The van der Waals surface area contributed by atoms with E-state index in [1.807, 2.05) is 13.8 Å². The molecule has 0 amide bonds. The first-order chi connectivity index (χ1) is 8.55. The van der Waals surface area contributed by atoms with Gasteiger partial charge in [0.1, 0.15) is 5.54 Å². The number of nitriles is 1. The van der Waals surface area contributed by atoms with Crippen molar-refractivity contribution in [2.24, 2.45) is 5.73 Å². The fourth-order valence-electron chi connectivity index (χ4n) is 1.46. The van der Waals surface area contributed by atoms with Crippen LogP contribution in [-0.4, -0.2) is 56.5 Å². The predicted molar refractivity (Wildman–Crippen MR) is 72.2 cm³/mol. The van der Waals surface area contributed by atoms with Crippen molar-refractivity contribution in [3.8, 4) is 6.07 Å². The minimum absolute atomic E-state index is 0.655. The molecule has 0 aromatic heterocycles. The van der Waals surface area contributed by atoms with Crippen molar-refractivity contribution in [1.29, 1.82) is 5.26 Å². The van der Waals surface area contributed by atoms with Crippen molar-refractivity contribution in [3.63, 3.8) is 0 Å². The highest BCUT2D eigenvalue weighted by atomic mass is 16.5. The van der Waals surface area contributed by atoms with E-state index in [-0.39, 0.29) is 0 Å². The second-order valence-corrected chi connectivity index (χ2v) is 4.51. The highest BCUT2D eigenvalue weighted by molar-refractivity contribution is 5.01. The van der Waals surface area contributed by atoms with Gasteiger partial charge in [-0.3, -0.25) is 4.90 Å². The number of rotatable bonds is 11. The van der Waals surface area contributed by atoms with E-state index in [4.69, 9.17) is 20.5 Å². The number of hydrogen-bond acceptors (Lipinski definition) is 5. The van der Waals surface area contributed by atoms with Crippen LogP contribution in [0.15, 0.2) is 0 Å². The molecule has 0 aliphatic heterocycles. The normalized spacial score (nSPS) is 14.4. The Morgan fingerprint density at radius 3 is 2.00 bits per heavy atom. The maximum atomic E-state index is 8.89. The van der Waals surface area contributed by atoms with E-state index < -0.39 is 5.54 Å². The Morgan fingerprint density at radius 1 is 1.11 bits per heavy atom. The Hall–Kier alpha value is -0.670. The first kappa shape index (κ1) is 17.3. The number of nitrogens with zero attached hydrogens (tertiary/aromatic N) is 2. The lowest BCUT2D eigenvalue weighted by atomic mass is 10.0. The van der Waals surface area contributed by atoms with Gasteiger partial charge in [-0.05, 0) is 27.2 Å². The zero-order valence-electron chi connectivity index (χ0n) is 11.9. The molecule has 1 atom stereocenters. The van der Waals surface area contributed by atoms with Crippen LogP contribution < -0.4 is 5.73 Å². The van der Waals surface area contributed by atoms with Gasteiger partial charge in [0, 0.05) is 32.8 Å². The monoisotopic (exact) mass is 257 g/mol. The Kier molecular flexibility index (Phi) is 9.89. The zero-order valence-corrected chi connectivity index (χ0v) is 11.9. The van der Waals surface area contributed by atoms with Crippen LogP contribution in [-0.2, 0) is 9.47 Å². The first-order valence-electron chi connectivity index (χ1n) is 6.63. The number of hydrogen-bond donors (Lipinski definition) is 1. The lowest BCUT2D eigenvalue weighted by molar-refractivity contribution is 0.0807. The molecule has 0 spiro atoms. The van der Waals surface area contributed by atoms with E-state index in [9.17, 15) is 0 Å². The van der Waals surface area contributed by atoms with Gasteiger partial charge in [-0.1, -0.05) is 0 Å². The summed E-state index contributed by atoms with van der Waals surface area (Å²) in [6.45, 7) is 11.1. The second-order valence-electron chi connectivity index (χ2n) is 4.51. The van der Waals surface area contributed by atoms with Crippen molar-refractivity contribution in [3.05, 3.63) is 0 Å². The summed E-state index contributed by atoms with van der Waals surface area (Å²) < 4.78 is 10.7. The molecular weight excluding hydrogens is 230 g/mol. The summed E-state index contributed by atoms with van der Waals surface area (Å²) in [5.41, 5.74) is 5.07. The minimum atomic E-state index is -0.754. The smallest absolute Gasteiger partial charge is 0.102 e. The molecule has 106 valence electrons. The molecule has 0 heterocycles. The highest BCUT2D eigenvalue weighted by Gasteiger charge is 2.18. The van der Waals surface area contributed by atoms with Crippen LogP contribution in [0.4, 0.5) is 0 Å². The lowest BCUT2D eigenvalue weighted by Crippen LogP contribution is -2.40. The van der Waals surface area contributed by atoms with Crippen LogP contribution in [0, 0.1) is 11.3 Å². The molecule has 0 bridgehead atoms. The first-order valence-corrected chi connectivity index (χ1v) is 6.63. The molecule has 18 heavy (non-hydrogen) atoms. The molecule has 0 aliphatic carbocycles. The third-order valence-electron chi connectivity index (χ3n) is 2.71. The largest absolute Gasteiger partial charge is 0.380 e. The van der Waals surface area contributed by atoms with Crippen LogP contribution in [0.1, 0.15) is 27.2 Å². The van der Waals surface area contributed by atoms with Gasteiger partial charge in [0.2, 0.25) is 0 Å². The van der Waals surface area contributed by atoms with E-state index in [0.717, 1.165) is 32.8 Å². The Bertz CT molecular complexity index is 229. The summed E-state index contributed by atoms with van der Waals surface area (Å²) in [5, 5.41) is 8.89. The maximum absolute atomic E-state index is 8.89. The van der Waals surface area contributed by atoms with Crippen molar-refractivity contribution < 1.29 is 9.47 Å². The van der Waals surface area contributed by atoms with Crippen LogP contribution in [0.3, 0.4) is 0 Å². The standard InChI is InChI=1S/C13H27N3O2/c1-4-17-10-8-16(9-11-18-5-2)7-6-13(3,15)12-14/h4-11,15H2,1-3H3. The molecule has 0 fully saturated rings. The molecule has 5 nitrogen and oxygen atoms in total. The summed E-state index contributed by atoms with van der Waals surface area (Å²) in [5.74, 6) is 0. The fraction of sp³-hybridized carbons (Fsp3) is 0.923. The van der Waals surface area contributed by atoms with Gasteiger partial charge in [0.05, 0.1) is 19.3 Å². The van der Waals surface area contributed by atoms with Crippen LogP contribution in [0.5, 0.6) is 0 Å². The van der Waals surface area contributed by atoms with E-state index in [0.29, 0.717) is 19.6 Å². The van der Waals surface area contributed by atoms with Gasteiger partial charge in [-0.15, -0.1) is 0 Å². The minimum Gasteiger partial charge on any atom is -0.380 e. The van der Waals surface area contributed by atoms with Crippen LogP contribution in [0.25, 0.3) is 0 Å². The van der Waals surface area contributed by atoms with Crippen molar-refractivity contribution >= 4 is 0 Å². The van der Waals surface area contributed by atoms with Gasteiger partial charge >= 0.3 is 0 Å². The average Bonchev–Trinajstić information content (AvgIpc) is 2.36. The van der Waals surface area contributed by atoms with Gasteiger partial charge in [0.25, 0.3) is 0 Å². The topological polar surface area (TPSA) is 71.5 Å². The molecule has 1 unspecified atom stereocenters. The molecule has 0 aromatic carbocycles. The van der Waals surface area contributed by atoms with E-state index >= 15 is 0 Å². The third-order valence-corrected chi connectivity index (χ3v) is 2.71. The molecule has 0 saturated carbocycles. The molecule has 0 aromatic rings. The summed E-state index contributed by atoms with van der Waals surface area (Å²) >= 11 is 0. The molecule has 0 saturated heterocycles. The summed E-state index contributed by atoms with van der Waals surface area (Å²) in [6, 6.07) is 2.12. The molecular formula is C13H27N3O2. The zero-order chi connectivity index (χ0) is 13.9. The maximum Gasteiger partial charge on any atom is 0.102 e. The summed E-state index contributed by atoms with van der Waals surface area (Å²) in [4.78, 5) is 2.23. The highest BCUT2D eigenvalue weighted by Crippen LogP contribution is 2.05. The molecule has 0 aliphatic rings. The van der Waals surface area contributed by atoms with E-state index in [1.165, 1.54) is 0 Å². The van der Waals surface area contributed by atoms with Crippen molar-refractivity contribution in [2.75, 3.05) is 46.1 Å². The van der Waals surface area contributed by atoms with Gasteiger partial charge in [-0.2, -0.15) is 5.26 Å². The number of nitrogens with two attached hydrogens (primary N) is 1. The van der Waals surface area contributed by atoms with Crippen LogP contribution >= 0.6 is 0 Å². The molecule has 0 radical (unpaired) electrons.